The van der Waals surface area contributed by atoms with Crippen LogP contribution in [0.3, 0.4) is 0 Å². The van der Waals surface area contributed by atoms with Crippen molar-refractivity contribution in [2.45, 2.75) is 18.7 Å². The van der Waals surface area contributed by atoms with Crippen LogP contribution in [0.2, 0.25) is 0 Å². The molecular formula is C17H20N2O5S2. The third-order valence-corrected chi connectivity index (χ3v) is 6.76. The van der Waals surface area contributed by atoms with Gasteiger partial charge in [-0.25, -0.2) is 17.5 Å². The van der Waals surface area contributed by atoms with Gasteiger partial charge in [0.25, 0.3) is 5.91 Å². The quantitative estimate of drug-likeness (QED) is 0.785. The lowest BCUT2D eigenvalue weighted by atomic mass is 10.1. The lowest BCUT2D eigenvalue weighted by Crippen LogP contribution is -2.24. The van der Waals surface area contributed by atoms with Gasteiger partial charge in [0.15, 0.2) is 0 Å². The third-order valence-electron chi connectivity index (χ3n) is 3.92. The molecule has 0 radical (unpaired) electrons. The molecule has 0 saturated carbocycles. The number of carbonyl (C=O) groups is 2. The number of aryl methyl sites for hydroxylation is 1. The SMILES string of the molecule is COC(=O)c1sccc1NC(=O)c1cc(C)c(C)c(S(=O)(=O)N(C)C)c1. The van der Waals surface area contributed by atoms with Crippen molar-refractivity contribution in [3.05, 3.63) is 45.1 Å². The van der Waals surface area contributed by atoms with Crippen molar-refractivity contribution in [2.75, 3.05) is 26.5 Å². The first-order valence-electron chi connectivity index (χ1n) is 7.60. The maximum absolute atomic E-state index is 12.6. The van der Waals surface area contributed by atoms with Crippen LogP contribution in [0, 0.1) is 13.8 Å². The number of esters is 1. The largest absolute Gasteiger partial charge is 0.465 e. The number of thiophene rings is 1. The number of rotatable bonds is 5. The van der Waals surface area contributed by atoms with E-state index in [2.05, 4.69) is 10.1 Å². The molecular weight excluding hydrogens is 376 g/mol. The van der Waals surface area contributed by atoms with Crippen LogP contribution in [0.4, 0.5) is 5.69 Å². The summed E-state index contributed by atoms with van der Waals surface area (Å²) in [6.45, 7) is 3.44. The van der Waals surface area contributed by atoms with Crippen molar-refractivity contribution < 1.29 is 22.7 Å². The highest BCUT2D eigenvalue weighted by atomic mass is 32.2. The third kappa shape index (κ3) is 3.79. The van der Waals surface area contributed by atoms with Crippen LogP contribution in [-0.2, 0) is 14.8 Å². The zero-order chi connectivity index (χ0) is 19.6. The number of hydrogen-bond acceptors (Lipinski definition) is 6. The summed E-state index contributed by atoms with van der Waals surface area (Å²) < 4.78 is 30.8. The molecule has 140 valence electrons. The minimum absolute atomic E-state index is 0.0751. The van der Waals surface area contributed by atoms with Crippen LogP contribution < -0.4 is 5.32 Å². The number of ether oxygens (including phenoxy) is 1. The molecule has 2 rings (SSSR count). The van der Waals surface area contributed by atoms with Gasteiger partial charge in [0.05, 0.1) is 17.7 Å². The predicted molar refractivity (Wildman–Crippen MR) is 100 cm³/mol. The van der Waals surface area contributed by atoms with Crippen LogP contribution in [0.25, 0.3) is 0 Å². The molecule has 1 N–H and O–H groups in total. The highest BCUT2D eigenvalue weighted by Gasteiger charge is 2.23. The molecule has 0 aliphatic carbocycles. The Labute approximate surface area is 156 Å². The molecule has 7 nitrogen and oxygen atoms in total. The summed E-state index contributed by atoms with van der Waals surface area (Å²) in [5, 5.41) is 4.30. The normalized spacial score (nSPS) is 11.5. The lowest BCUT2D eigenvalue weighted by molar-refractivity contribution is 0.0607. The average Bonchev–Trinajstić information content (AvgIpc) is 3.04. The van der Waals surface area contributed by atoms with Crippen molar-refractivity contribution in [3.63, 3.8) is 0 Å². The molecule has 0 spiro atoms. The number of amides is 1. The Kier molecular flexibility index (Phi) is 5.84. The molecule has 0 aliphatic heterocycles. The van der Waals surface area contributed by atoms with Crippen molar-refractivity contribution in [3.8, 4) is 0 Å². The van der Waals surface area contributed by atoms with Crippen LogP contribution in [0.15, 0.2) is 28.5 Å². The van der Waals surface area contributed by atoms with Gasteiger partial charge < -0.3 is 10.1 Å². The lowest BCUT2D eigenvalue weighted by Gasteiger charge is -2.16. The summed E-state index contributed by atoms with van der Waals surface area (Å²) >= 11 is 1.14. The van der Waals surface area contributed by atoms with Crippen molar-refractivity contribution >= 4 is 38.9 Å². The molecule has 1 aromatic heterocycles. The van der Waals surface area contributed by atoms with E-state index in [1.54, 1.807) is 31.4 Å². The number of methoxy groups -OCH3 is 1. The maximum atomic E-state index is 12.6. The molecule has 0 aliphatic rings. The van der Waals surface area contributed by atoms with Crippen molar-refractivity contribution in [1.29, 1.82) is 0 Å². The van der Waals surface area contributed by atoms with Gasteiger partial charge in [0.1, 0.15) is 4.88 Å². The highest BCUT2D eigenvalue weighted by Crippen LogP contribution is 2.26. The fourth-order valence-corrected chi connectivity index (χ4v) is 4.26. The van der Waals surface area contributed by atoms with E-state index < -0.39 is 21.9 Å². The van der Waals surface area contributed by atoms with Gasteiger partial charge in [0.2, 0.25) is 10.0 Å². The summed E-state index contributed by atoms with van der Waals surface area (Å²) in [5.41, 5.74) is 1.77. The van der Waals surface area contributed by atoms with Gasteiger partial charge in [-0.15, -0.1) is 11.3 Å². The number of nitrogens with zero attached hydrogens (tertiary/aromatic N) is 1. The number of benzene rings is 1. The van der Waals surface area contributed by atoms with E-state index in [1.165, 1.54) is 27.3 Å². The topological polar surface area (TPSA) is 92.8 Å². The van der Waals surface area contributed by atoms with E-state index >= 15 is 0 Å². The second-order valence-electron chi connectivity index (χ2n) is 5.81. The standard InChI is InChI=1S/C17H20N2O5S2/c1-10-8-12(9-14(11(10)2)26(22,23)19(3)4)16(20)18-13-6-7-25-15(13)17(21)24-5/h6-9H,1-5H3,(H,18,20). The van der Waals surface area contributed by atoms with Crippen molar-refractivity contribution in [1.82, 2.24) is 4.31 Å². The second kappa shape index (κ2) is 7.56. The maximum Gasteiger partial charge on any atom is 0.350 e. The fraction of sp³-hybridized carbons (Fsp3) is 0.294. The molecule has 2 aromatic rings. The summed E-state index contributed by atoms with van der Waals surface area (Å²) in [5.74, 6) is -1.06. The minimum Gasteiger partial charge on any atom is -0.465 e. The summed E-state index contributed by atoms with van der Waals surface area (Å²) in [6.07, 6.45) is 0. The molecule has 1 aromatic carbocycles. The molecule has 0 atom stereocenters. The van der Waals surface area contributed by atoms with Crippen LogP contribution in [0.1, 0.15) is 31.2 Å². The average molecular weight is 396 g/mol. The highest BCUT2D eigenvalue weighted by molar-refractivity contribution is 7.89. The van der Waals surface area contributed by atoms with E-state index in [0.29, 0.717) is 16.8 Å². The minimum atomic E-state index is -3.69. The number of nitrogens with one attached hydrogen (secondary N) is 1. The molecule has 26 heavy (non-hydrogen) atoms. The van der Waals surface area contributed by atoms with Crippen LogP contribution in [-0.4, -0.2) is 45.8 Å². The zero-order valence-corrected chi connectivity index (χ0v) is 16.7. The Bertz CT molecular complexity index is 962. The molecule has 0 bridgehead atoms. The molecule has 0 saturated heterocycles. The van der Waals surface area contributed by atoms with E-state index in [1.807, 2.05) is 0 Å². The number of hydrogen-bond donors (Lipinski definition) is 1. The second-order valence-corrected chi connectivity index (χ2v) is 8.85. The Hall–Kier alpha value is -2.23. The predicted octanol–water partition coefficient (Wildman–Crippen LogP) is 2.65. The van der Waals surface area contributed by atoms with Gasteiger partial charge in [-0.3, -0.25) is 4.79 Å². The molecule has 0 unspecified atom stereocenters. The molecule has 1 amide bonds. The van der Waals surface area contributed by atoms with Gasteiger partial charge >= 0.3 is 5.97 Å². The first-order chi connectivity index (χ1) is 12.1. The Balaban J connectivity index is 2.44. The van der Waals surface area contributed by atoms with E-state index in [0.717, 1.165) is 15.6 Å². The van der Waals surface area contributed by atoms with Crippen LogP contribution >= 0.6 is 11.3 Å². The first-order valence-corrected chi connectivity index (χ1v) is 9.92. The Morgan fingerprint density at radius 2 is 1.85 bits per heavy atom. The van der Waals surface area contributed by atoms with E-state index in [-0.39, 0.29) is 15.3 Å². The van der Waals surface area contributed by atoms with Gasteiger partial charge in [0, 0.05) is 19.7 Å². The Morgan fingerprint density at radius 1 is 1.19 bits per heavy atom. The molecule has 9 heteroatoms. The van der Waals surface area contributed by atoms with Gasteiger partial charge in [-0.1, -0.05) is 0 Å². The summed E-state index contributed by atoms with van der Waals surface area (Å²) in [6, 6.07) is 4.55. The molecule has 0 fully saturated rings. The zero-order valence-electron chi connectivity index (χ0n) is 15.1. The number of sulfonamides is 1. The molecule has 1 heterocycles. The van der Waals surface area contributed by atoms with Gasteiger partial charge in [-0.05, 0) is 48.6 Å². The number of carbonyl (C=O) groups excluding carboxylic acids is 2. The van der Waals surface area contributed by atoms with Gasteiger partial charge in [-0.2, -0.15) is 0 Å². The van der Waals surface area contributed by atoms with E-state index in [4.69, 9.17) is 0 Å². The smallest absolute Gasteiger partial charge is 0.350 e. The monoisotopic (exact) mass is 396 g/mol. The summed E-state index contributed by atoms with van der Waals surface area (Å²) in [4.78, 5) is 24.7. The van der Waals surface area contributed by atoms with Crippen molar-refractivity contribution in [2.24, 2.45) is 0 Å². The Morgan fingerprint density at radius 3 is 2.42 bits per heavy atom. The van der Waals surface area contributed by atoms with Crippen LogP contribution in [0.5, 0.6) is 0 Å². The summed E-state index contributed by atoms with van der Waals surface area (Å²) in [7, 11) is 0.438. The number of anilines is 1. The first kappa shape index (κ1) is 20.1. The van der Waals surface area contributed by atoms with E-state index in [9.17, 15) is 18.0 Å². The fourth-order valence-electron chi connectivity index (χ4n) is 2.28.